The molecule has 0 saturated heterocycles. The van der Waals surface area contributed by atoms with Crippen molar-refractivity contribution in [2.24, 2.45) is 0 Å². The number of thiophene rings is 1. The zero-order valence-electron chi connectivity index (χ0n) is 11.8. The number of nitrogens with zero attached hydrogens (tertiary/aromatic N) is 3. The van der Waals surface area contributed by atoms with Crippen LogP contribution in [0.1, 0.15) is 12.7 Å². The zero-order valence-corrected chi connectivity index (χ0v) is 12.6. The second kappa shape index (κ2) is 7.70. The van der Waals surface area contributed by atoms with E-state index < -0.39 is 0 Å². The van der Waals surface area contributed by atoms with Gasteiger partial charge < -0.3 is 9.26 Å². The monoisotopic (exact) mass is 307 g/mol. The minimum Gasteiger partial charge on any atom is -0.465 e. The van der Waals surface area contributed by atoms with Crippen molar-refractivity contribution in [2.75, 3.05) is 19.7 Å². The average molecular weight is 307 g/mol. The van der Waals surface area contributed by atoms with Crippen LogP contribution in [0.4, 0.5) is 0 Å². The maximum absolute atomic E-state index is 11.5. The number of aromatic nitrogens is 2. The van der Waals surface area contributed by atoms with Crippen LogP contribution in [-0.2, 0) is 16.1 Å². The molecular formula is C14H17N3O3S. The highest BCUT2D eigenvalue weighted by molar-refractivity contribution is 7.13. The van der Waals surface area contributed by atoms with Gasteiger partial charge in [-0.15, -0.1) is 17.9 Å². The van der Waals surface area contributed by atoms with Gasteiger partial charge in [-0.3, -0.25) is 9.69 Å². The highest BCUT2D eigenvalue weighted by atomic mass is 32.1. The van der Waals surface area contributed by atoms with Crippen molar-refractivity contribution in [1.82, 2.24) is 15.0 Å². The quantitative estimate of drug-likeness (QED) is 0.551. The summed E-state index contributed by atoms with van der Waals surface area (Å²) in [5, 5.41) is 5.89. The van der Waals surface area contributed by atoms with Gasteiger partial charge in [0, 0.05) is 6.54 Å². The Labute approximate surface area is 127 Å². The molecule has 0 N–H and O–H groups in total. The molecule has 0 aliphatic rings. The fraction of sp³-hybridized carbons (Fsp3) is 0.357. The summed E-state index contributed by atoms with van der Waals surface area (Å²) < 4.78 is 10.2. The van der Waals surface area contributed by atoms with Gasteiger partial charge >= 0.3 is 5.97 Å². The van der Waals surface area contributed by atoms with Gasteiger partial charge in [-0.1, -0.05) is 17.3 Å². The van der Waals surface area contributed by atoms with Gasteiger partial charge in [0.05, 0.1) is 24.6 Å². The lowest BCUT2D eigenvalue weighted by Gasteiger charge is -2.17. The third-order valence-corrected chi connectivity index (χ3v) is 3.47. The number of ether oxygens (including phenoxy) is 1. The fourth-order valence-electron chi connectivity index (χ4n) is 1.78. The highest BCUT2D eigenvalue weighted by Crippen LogP contribution is 2.22. The topological polar surface area (TPSA) is 68.5 Å². The van der Waals surface area contributed by atoms with Crippen molar-refractivity contribution < 1.29 is 14.1 Å². The van der Waals surface area contributed by atoms with Crippen LogP contribution in [-0.4, -0.2) is 40.7 Å². The van der Waals surface area contributed by atoms with Crippen LogP contribution in [0.5, 0.6) is 0 Å². The first-order valence-electron chi connectivity index (χ1n) is 6.58. The molecule has 0 saturated carbocycles. The van der Waals surface area contributed by atoms with Gasteiger partial charge in [-0.05, 0) is 18.4 Å². The maximum Gasteiger partial charge on any atom is 0.320 e. The lowest BCUT2D eigenvalue weighted by molar-refractivity contribution is -0.144. The summed E-state index contributed by atoms with van der Waals surface area (Å²) in [6, 6.07) is 3.84. The second-order valence-electron chi connectivity index (χ2n) is 4.26. The molecule has 0 aliphatic heterocycles. The summed E-state index contributed by atoms with van der Waals surface area (Å²) in [4.78, 5) is 18.6. The Balaban J connectivity index is 1.99. The van der Waals surface area contributed by atoms with Gasteiger partial charge in [0.1, 0.15) is 0 Å². The molecule has 0 aromatic carbocycles. The molecule has 6 nitrogen and oxygen atoms in total. The van der Waals surface area contributed by atoms with E-state index in [9.17, 15) is 4.79 Å². The van der Waals surface area contributed by atoms with E-state index in [2.05, 4.69) is 16.7 Å². The summed E-state index contributed by atoms with van der Waals surface area (Å²) >= 11 is 1.54. The van der Waals surface area contributed by atoms with Gasteiger partial charge in [0.25, 0.3) is 5.89 Å². The lowest BCUT2D eigenvalue weighted by atomic mass is 10.4. The number of esters is 1. The van der Waals surface area contributed by atoms with E-state index in [0.29, 0.717) is 31.4 Å². The van der Waals surface area contributed by atoms with Crippen LogP contribution in [0.25, 0.3) is 10.8 Å². The van der Waals surface area contributed by atoms with E-state index >= 15 is 0 Å². The van der Waals surface area contributed by atoms with Crippen molar-refractivity contribution >= 4 is 17.3 Å². The molecule has 2 aromatic rings. The molecule has 0 bridgehead atoms. The molecule has 112 valence electrons. The molecule has 7 heteroatoms. The maximum atomic E-state index is 11.5. The number of rotatable bonds is 8. The molecule has 2 aromatic heterocycles. The SMILES string of the molecule is C=CCN(CC(=O)OCC)Cc1noc(-c2cccs2)n1. The molecular weight excluding hydrogens is 290 g/mol. The highest BCUT2D eigenvalue weighted by Gasteiger charge is 2.15. The van der Waals surface area contributed by atoms with Gasteiger partial charge in [0.15, 0.2) is 5.82 Å². The number of carbonyl (C=O) groups is 1. The van der Waals surface area contributed by atoms with Crippen LogP contribution in [0.15, 0.2) is 34.7 Å². The molecule has 0 aliphatic carbocycles. The predicted octanol–water partition coefficient (Wildman–Crippen LogP) is 2.35. The molecule has 0 unspecified atom stereocenters. The summed E-state index contributed by atoms with van der Waals surface area (Å²) in [7, 11) is 0. The first-order valence-corrected chi connectivity index (χ1v) is 7.46. The van der Waals surface area contributed by atoms with Crippen molar-refractivity contribution in [3.63, 3.8) is 0 Å². The smallest absolute Gasteiger partial charge is 0.320 e. The predicted molar refractivity (Wildman–Crippen MR) is 79.7 cm³/mol. The number of carbonyl (C=O) groups excluding carboxylic acids is 1. The summed E-state index contributed by atoms with van der Waals surface area (Å²) in [5.74, 6) is 0.751. The van der Waals surface area contributed by atoms with Crippen LogP contribution in [0.2, 0.25) is 0 Å². The van der Waals surface area contributed by atoms with E-state index in [1.807, 2.05) is 22.4 Å². The molecule has 0 atom stereocenters. The minimum atomic E-state index is -0.277. The Bertz CT molecular complexity index is 580. The molecule has 0 spiro atoms. The largest absolute Gasteiger partial charge is 0.465 e. The van der Waals surface area contributed by atoms with Gasteiger partial charge in [-0.25, -0.2) is 0 Å². The third kappa shape index (κ3) is 4.51. The Hall–Kier alpha value is -1.99. The number of hydrogen-bond donors (Lipinski definition) is 0. The van der Waals surface area contributed by atoms with Crippen molar-refractivity contribution in [2.45, 2.75) is 13.5 Å². The van der Waals surface area contributed by atoms with E-state index in [-0.39, 0.29) is 12.5 Å². The first kappa shape index (κ1) is 15.4. The molecule has 2 heterocycles. The van der Waals surface area contributed by atoms with Crippen molar-refractivity contribution in [1.29, 1.82) is 0 Å². The molecule has 0 amide bonds. The van der Waals surface area contributed by atoms with Crippen molar-refractivity contribution in [3.8, 4) is 10.8 Å². The molecule has 0 radical (unpaired) electrons. The fourth-order valence-corrected chi connectivity index (χ4v) is 2.42. The minimum absolute atomic E-state index is 0.169. The van der Waals surface area contributed by atoms with Crippen molar-refractivity contribution in [3.05, 3.63) is 36.0 Å². The van der Waals surface area contributed by atoms with Crippen LogP contribution < -0.4 is 0 Å². The normalized spacial score (nSPS) is 10.8. The average Bonchev–Trinajstić information content (AvgIpc) is 3.09. The Morgan fingerprint density at radius 1 is 1.62 bits per heavy atom. The summed E-state index contributed by atoms with van der Waals surface area (Å²) in [5.41, 5.74) is 0. The number of hydrogen-bond acceptors (Lipinski definition) is 7. The standard InChI is InChI=1S/C14H17N3O3S/c1-3-7-17(10-13(18)19-4-2)9-12-15-14(20-16-12)11-6-5-8-21-11/h3,5-6,8H,1,4,7,9-10H2,2H3. The summed E-state index contributed by atoms with van der Waals surface area (Å²) in [6.07, 6.45) is 1.72. The second-order valence-corrected chi connectivity index (χ2v) is 5.20. The van der Waals surface area contributed by atoms with E-state index in [1.54, 1.807) is 13.0 Å². The van der Waals surface area contributed by atoms with E-state index in [4.69, 9.17) is 9.26 Å². The third-order valence-electron chi connectivity index (χ3n) is 2.61. The van der Waals surface area contributed by atoms with Gasteiger partial charge in [0.2, 0.25) is 0 Å². The van der Waals surface area contributed by atoms with Crippen LogP contribution in [0, 0.1) is 0 Å². The Morgan fingerprint density at radius 3 is 3.14 bits per heavy atom. The molecule has 0 fully saturated rings. The summed E-state index contributed by atoms with van der Waals surface area (Å²) in [6.45, 7) is 6.95. The molecule has 2 rings (SSSR count). The van der Waals surface area contributed by atoms with Crippen LogP contribution >= 0.6 is 11.3 Å². The molecule has 21 heavy (non-hydrogen) atoms. The first-order chi connectivity index (χ1) is 10.2. The van der Waals surface area contributed by atoms with E-state index in [0.717, 1.165) is 4.88 Å². The Morgan fingerprint density at radius 2 is 2.48 bits per heavy atom. The van der Waals surface area contributed by atoms with E-state index in [1.165, 1.54) is 11.3 Å². The zero-order chi connectivity index (χ0) is 15.1. The van der Waals surface area contributed by atoms with Crippen LogP contribution in [0.3, 0.4) is 0 Å². The lowest BCUT2D eigenvalue weighted by Crippen LogP contribution is -2.31. The Kier molecular flexibility index (Phi) is 5.65. The van der Waals surface area contributed by atoms with Gasteiger partial charge in [-0.2, -0.15) is 4.98 Å².